The maximum Gasteiger partial charge on any atom is -1.00 e. The summed E-state index contributed by atoms with van der Waals surface area (Å²) in [5.41, 5.74) is 6.78. The maximum absolute atomic E-state index is 11.7. The van der Waals surface area contributed by atoms with Crippen molar-refractivity contribution in [2.45, 2.75) is 75.4 Å². The van der Waals surface area contributed by atoms with Gasteiger partial charge in [-0.05, 0) is 0 Å². The maximum atomic E-state index is 11.7. The molecule has 0 spiro atoms. The molecule has 0 aromatic carbocycles. The van der Waals surface area contributed by atoms with Crippen molar-refractivity contribution in [1.82, 2.24) is 0 Å². The number of halogens is 2. The number of hydrogen-bond acceptors (Lipinski definition) is 2. The van der Waals surface area contributed by atoms with Gasteiger partial charge in [0.25, 0.3) is 0 Å². The molecule has 0 aromatic heterocycles. The smallest absolute Gasteiger partial charge is 1.00 e. The van der Waals surface area contributed by atoms with Crippen LogP contribution in [0.4, 0.5) is 0 Å². The summed E-state index contributed by atoms with van der Waals surface area (Å²) in [5, 5.41) is 0. The molecule has 3 aliphatic carbocycles. The van der Waals surface area contributed by atoms with Crippen LogP contribution in [0.15, 0.2) is 22.3 Å². The van der Waals surface area contributed by atoms with E-state index >= 15 is 0 Å². The molecule has 0 fully saturated rings. The van der Waals surface area contributed by atoms with Crippen molar-refractivity contribution in [2.24, 2.45) is 0 Å². The first-order valence-corrected chi connectivity index (χ1v) is 9.74. The molecule has 2 nitrogen and oxygen atoms in total. The van der Waals surface area contributed by atoms with Gasteiger partial charge in [0, 0.05) is 0 Å². The molecular weight excluding hydrogens is 355 g/mol. The van der Waals surface area contributed by atoms with Gasteiger partial charge in [0.15, 0.2) is 0 Å². The number of fused-ring (bicyclic) bond motifs is 1. The summed E-state index contributed by atoms with van der Waals surface area (Å²) in [5.74, 6) is 0.0373. The van der Waals surface area contributed by atoms with Gasteiger partial charge in [-0.3, -0.25) is 0 Å². The SMILES string of the molecule is CCCC(=O)[O][Ti+2][CH]1C2=C(CCCC2)C2=C1CCCC2.[Cl-].[Cl-]. The zero-order chi connectivity index (χ0) is 13.9. The van der Waals surface area contributed by atoms with Crippen LogP contribution in [0.25, 0.3) is 0 Å². The summed E-state index contributed by atoms with van der Waals surface area (Å²) < 4.78 is 6.25. The van der Waals surface area contributed by atoms with E-state index in [1.807, 2.05) is 6.92 Å². The van der Waals surface area contributed by atoms with E-state index in [0.717, 1.165) is 6.42 Å². The monoisotopic (exact) mass is 378 g/mol. The van der Waals surface area contributed by atoms with E-state index in [2.05, 4.69) is 0 Å². The van der Waals surface area contributed by atoms with E-state index in [1.54, 1.807) is 22.3 Å². The predicted octanol–water partition coefficient (Wildman–Crippen LogP) is -1.12. The second-order valence-electron chi connectivity index (χ2n) is 6.20. The molecule has 0 radical (unpaired) electrons. The van der Waals surface area contributed by atoms with Crippen molar-refractivity contribution >= 4 is 5.97 Å². The van der Waals surface area contributed by atoms with Crippen LogP contribution in [0.5, 0.6) is 0 Å². The van der Waals surface area contributed by atoms with Crippen LogP contribution >= 0.6 is 0 Å². The van der Waals surface area contributed by atoms with Gasteiger partial charge in [0.05, 0.1) is 0 Å². The number of rotatable bonds is 4. The molecule has 122 valence electrons. The molecule has 0 amide bonds. The van der Waals surface area contributed by atoms with Crippen molar-refractivity contribution in [3.05, 3.63) is 22.3 Å². The fourth-order valence-corrected chi connectivity index (χ4v) is 5.90. The standard InChI is InChI=1S/C13H17.C4H8O2.2ClH.Ti/c1-3-7-12-10(5-1)9-11-6-2-4-8-13(11)12;1-2-3-4(5)6;;;/h9H,1-8H2;2-3H2,1H3,(H,5,6);2*1H;/q;;;;+3/p-3. The summed E-state index contributed by atoms with van der Waals surface area (Å²) in [6.45, 7) is 2.04. The Labute approximate surface area is 155 Å². The summed E-state index contributed by atoms with van der Waals surface area (Å²) in [4.78, 5) is 11.7. The molecule has 3 aliphatic rings. The molecular formula is C17H24Cl2O2Ti. The molecule has 0 saturated heterocycles. The fourth-order valence-electron chi connectivity index (χ4n) is 3.92. The Hall–Kier alpha value is 0.244. The Balaban J connectivity index is 0.00000121. The first-order valence-electron chi connectivity index (χ1n) is 8.20. The van der Waals surface area contributed by atoms with Gasteiger partial charge in [-0.1, -0.05) is 0 Å². The first kappa shape index (κ1) is 20.3. The van der Waals surface area contributed by atoms with Crippen LogP contribution in [0.1, 0.15) is 71.1 Å². The summed E-state index contributed by atoms with van der Waals surface area (Å²) >= 11 is -0.638. The van der Waals surface area contributed by atoms with Crippen LogP contribution < -0.4 is 24.8 Å². The van der Waals surface area contributed by atoms with Crippen LogP contribution in [-0.2, 0) is 27.7 Å². The van der Waals surface area contributed by atoms with Crippen molar-refractivity contribution < 1.29 is 52.5 Å². The number of carbonyl (C=O) groups is 1. The van der Waals surface area contributed by atoms with Crippen LogP contribution in [0, 0.1) is 0 Å². The molecule has 0 N–H and O–H groups in total. The average Bonchev–Trinajstić information content (AvgIpc) is 2.80. The van der Waals surface area contributed by atoms with Crippen molar-refractivity contribution in [2.75, 3.05) is 0 Å². The second kappa shape index (κ2) is 9.52. The van der Waals surface area contributed by atoms with Gasteiger partial charge < -0.3 is 24.8 Å². The zero-order valence-electron chi connectivity index (χ0n) is 13.2. The number of allylic oxidation sites excluding steroid dienone is 4. The molecule has 3 rings (SSSR count). The van der Waals surface area contributed by atoms with Crippen LogP contribution in [-0.4, -0.2) is 5.97 Å². The Morgan fingerprint density at radius 2 is 1.50 bits per heavy atom. The normalized spacial score (nSPS) is 20.4. The van der Waals surface area contributed by atoms with Crippen molar-refractivity contribution in [3.63, 3.8) is 0 Å². The molecule has 0 aliphatic heterocycles. The van der Waals surface area contributed by atoms with E-state index in [1.165, 1.54) is 51.4 Å². The molecule has 5 heteroatoms. The van der Waals surface area contributed by atoms with E-state index in [9.17, 15) is 4.79 Å². The van der Waals surface area contributed by atoms with Gasteiger partial charge in [0.2, 0.25) is 0 Å². The van der Waals surface area contributed by atoms with E-state index < -0.39 is 19.5 Å². The van der Waals surface area contributed by atoms with Gasteiger partial charge in [-0.25, -0.2) is 0 Å². The zero-order valence-corrected chi connectivity index (χ0v) is 16.3. The summed E-state index contributed by atoms with van der Waals surface area (Å²) in [7, 11) is 0. The van der Waals surface area contributed by atoms with Crippen LogP contribution in [0.3, 0.4) is 0 Å². The first-order chi connectivity index (χ1) is 9.81. The van der Waals surface area contributed by atoms with Crippen molar-refractivity contribution in [1.29, 1.82) is 0 Å². The van der Waals surface area contributed by atoms with Gasteiger partial charge >= 0.3 is 131 Å². The Bertz CT molecular complexity index is 439. The number of carbonyl (C=O) groups excluding carboxylic acids is 1. The number of hydrogen-bond donors (Lipinski definition) is 0. The van der Waals surface area contributed by atoms with Crippen LogP contribution in [0.2, 0.25) is 4.22 Å². The summed E-state index contributed by atoms with van der Waals surface area (Å²) in [6, 6.07) is 0. The largest absolute Gasteiger partial charge is 1.00 e. The third kappa shape index (κ3) is 4.20. The molecule has 0 unspecified atom stereocenters. The molecule has 0 atom stereocenters. The third-order valence-electron chi connectivity index (χ3n) is 4.83. The van der Waals surface area contributed by atoms with E-state index in [4.69, 9.17) is 3.32 Å². The van der Waals surface area contributed by atoms with Gasteiger partial charge in [-0.2, -0.15) is 0 Å². The Morgan fingerprint density at radius 1 is 1.00 bits per heavy atom. The third-order valence-corrected chi connectivity index (χ3v) is 6.82. The molecule has 22 heavy (non-hydrogen) atoms. The molecule has 0 bridgehead atoms. The predicted molar refractivity (Wildman–Crippen MR) is 75.7 cm³/mol. The van der Waals surface area contributed by atoms with E-state index in [0.29, 0.717) is 10.6 Å². The topological polar surface area (TPSA) is 26.3 Å². The van der Waals surface area contributed by atoms with Crippen molar-refractivity contribution in [3.8, 4) is 0 Å². The minimum absolute atomic E-state index is 0. The Kier molecular flexibility index (Phi) is 8.78. The molecule has 0 aromatic rings. The van der Waals surface area contributed by atoms with Gasteiger partial charge in [-0.15, -0.1) is 0 Å². The molecule has 0 saturated carbocycles. The Morgan fingerprint density at radius 3 is 2.00 bits per heavy atom. The van der Waals surface area contributed by atoms with Gasteiger partial charge in [0.1, 0.15) is 0 Å². The minimum Gasteiger partial charge on any atom is -1.00 e. The summed E-state index contributed by atoms with van der Waals surface area (Å²) in [6.07, 6.45) is 12.0. The minimum atomic E-state index is -0.638. The van der Waals surface area contributed by atoms with E-state index in [-0.39, 0.29) is 30.8 Å². The second-order valence-corrected chi connectivity index (χ2v) is 7.79. The quantitative estimate of drug-likeness (QED) is 0.579. The average molecular weight is 379 g/mol. The fraction of sp³-hybridized carbons (Fsp3) is 0.706. The molecule has 0 heterocycles.